The van der Waals surface area contributed by atoms with Crippen LogP contribution in [0, 0.1) is 0 Å². The van der Waals surface area contributed by atoms with E-state index in [4.69, 9.17) is 9.84 Å². The third-order valence-corrected chi connectivity index (χ3v) is 2.56. The first-order chi connectivity index (χ1) is 9.56. The number of carboxylic acid groups (broad SMARTS) is 1. The number of carbonyl (C=O) groups is 2. The first-order valence-corrected chi connectivity index (χ1v) is 5.84. The largest absolute Gasteiger partial charge is 0.486 e. The highest BCUT2D eigenvalue weighted by atomic mass is 16.5. The Bertz CT molecular complexity index is 638. The van der Waals surface area contributed by atoms with E-state index in [2.05, 4.69) is 9.97 Å². The van der Waals surface area contributed by atoms with Gasteiger partial charge in [-0.1, -0.05) is 12.1 Å². The number of ketones is 1. The van der Waals surface area contributed by atoms with Crippen LogP contribution in [0.2, 0.25) is 0 Å². The molecule has 0 aliphatic carbocycles. The summed E-state index contributed by atoms with van der Waals surface area (Å²) in [6.45, 7) is 1.58. The standard InChI is InChI=1S/C14H12N2O4/c1-9(17)10-3-2-4-12(5-10)20-8-13-15-6-11(7-16-13)14(18)19/h2-7H,8H2,1H3,(H,18,19). The Balaban J connectivity index is 2.03. The summed E-state index contributed by atoms with van der Waals surface area (Å²) in [5.41, 5.74) is 0.581. The molecule has 0 fully saturated rings. The summed E-state index contributed by atoms with van der Waals surface area (Å²) in [6, 6.07) is 6.78. The molecular weight excluding hydrogens is 260 g/mol. The third kappa shape index (κ3) is 3.38. The molecule has 6 heteroatoms. The highest BCUT2D eigenvalue weighted by molar-refractivity contribution is 5.94. The van der Waals surface area contributed by atoms with Gasteiger partial charge in [0.05, 0.1) is 5.56 Å². The van der Waals surface area contributed by atoms with Crippen LogP contribution in [0.5, 0.6) is 5.75 Å². The van der Waals surface area contributed by atoms with Gasteiger partial charge in [-0.05, 0) is 19.1 Å². The van der Waals surface area contributed by atoms with Gasteiger partial charge in [-0.15, -0.1) is 0 Å². The highest BCUT2D eigenvalue weighted by Gasteiger charge is 2.05. The monoisotopic (exact) mass is 272 g/mol. The van der Waals surface area contributed by atoms with Crippen molar-refractivity contribution in [2.24, 2.45) is 0 Å². The molecule has 0 amide bonds. The van der Waals surface area contributed by atoms with Crippen molar-refractivity contribution in [3.8, 4) is 5.75 Å². The molecule has 1 aromatic heterocycles. The van der Waals surface area contributed by atoms with Crippen molar-refractivity contribution in [1.29, 1.82) is 0 Å². The van der Waals surface area contributed by atoms with Gasteiger partial charge in [0, 0.05) is 18.0 Å². The van der Waals surface area contributed by atoms with Crippen LogP contribution in [-0.2, 0) is 6.61 Å². The summed E-state index contributed by atoms with van der Waals surface area (Å²) in [5, 5.41) is 8.72. The summed E-state index contributed by atoms with van der Waals surface area (Å²) in [4.78, 5) is 29.7. The van der Waals surface area contributed by atoms with Crippen molar-refractivity contribution in [2.75, 3.05) is 0 Å². The Morgan fingerprint density at radius 1 is 1.20 bits per heavy atom. The van der Waals surface area contributed by atoms with Gasteiger partial charge in [-0.3, -0.25) is 4.79 Å². The van der Waals surface area contributed by atoms with Gasteiger partial charge in [0.25, 0.3) is 0 Å². The van der Waals surface area contributed by atoms with Crippen molar-refractivity contribution in [3.63, 3.8) is 0 Å². The second-order valence-corrected chi connectivity index (χ2v) is 4.07. The van der Waals surface area contributed by atoms with E-state index in [0.29, 0.717) is 17.1 Å². The number of hydrogen-bond acceptors (Lipinski definition) is 5. The summed E-state index contributed by atoms with van der Waals surface area (Å²) >= 11 is 0. The first-order valence-electron chi connectivity index (χ1n) is 5.84. The van der Waals surface area contributed by atoms with Crippen LogP contribution in [0.4, 0.5) is 0 Å². The molecule has 2 rings (SSSR count). The molecular formula is C14H12N2O4. The second kappa shape index (κ2) is 5.92. The van der Waals surface area contributed by atoms with Crippen LogP contribution >= 0.6 is 0 Å². The molecule has 0 aliphatic rings. The van der Waals surface area contributed by atoms with Crippen LogP contribution in [0.25, 0.3) is 0 Å². The molecule has 2 aromatic rings. The number of carbonyl (C=O) groups excluding carboxylic acids is 1. The van der Waals surface area contributed by atoms with E-state index in [-0.39, 0.29) is 18.0 Å². The lowest BCUT2D eigenvalue weighted by molar-refractivity contribution is 0.0695. The maximum absolute atomic E-state index is 11.2. The average Bonchev–Trinajstić information content (AvgIpc) is 2.46. The van der Waals surface area contributed by atoms with Gasteiger partial charge in [0.15, 0.2) is 11.6 Å². The zero-order valence-corrected chi connectivity index (χ0v) is 10.7. The Morgan fingerprint density at radius 2 is 1.90 bits per heavy atom. The van der Waals surface area contributed by atoms with Crippen molar-refractivity contribution in [2.45, 2.75) is 13.5 Å². The number of ether oxygens (including phenoxy) is 1. The SMILES string of the molecule is CC(=O)c1cccc(OCc2ncc(C(=O)O)cn2)c1. The molecule has 0 radical (unpaired) electrons. The van der Waals surface area contributed by atoms with Crippen LogP contribution < -0.4 is 4.74 Å². The number of aromatic carboxylic acids is 1. The maximum atomic E-state index is 11.2. The maximum Gasteiger partial charge on any atom is 0.338 e. The van der Waals surface area contributed by atoms with E-state index in [9.17, 15) is 9.59 Å². The number of carboxylic acids is 1. The van der Waals surface area contributed by atoms with Crippen LogP contribution in [-0.4, -0.2) is 26.8 Å². The molecule has 0 unspecified atom stereocenters. The number of nitrogens with zero attached hydrogens (tertiary/aromatic N) is 2. The molecule has 0 saturated heterocycles. The molecule has 6 nitrogen and oxygen atoms in total. The predicted molar refractivity (Wildman–Crippen MR) is 69.8 cm³/mol. The zero-order valence-electron chi connectivity index (χ0n) is 10.7. The van der Waals surface area contributed by atoms with Crippen molar-refractivity contribution in [3.05, 3.63) is 53.6 Å². The fourth-order valence-corrected chi connectivity index (χ4v) is 1.49. The van der Waals surface area contributed by atoms with Crippen molar-refractivity contribution < 1.29 is 19.4 Å². The molecule has 1 heterocycles. The number of benzene rings is 1. The predicted octanol–water partition coefficient (Wildman–Crippen LogP) is 1.96. The Labute approximate surface area is 115 Å². The normalized spacial score (nSPS) is 10.1. The highest BCUT2D eigenvalue weighted by Crippen LogP contribution is 2.14. The molecule has 102 valence electrons. The smallest absolute Gasteiger partial charge is 0.338 e. The molecule has 0 bridgehead atoms. The molecule has 1 N–H and O–H groups in total. The van der Waals surface area contributed by atoms with E-state index in [1.165, 1.54) is 19.3 Å². The first kappa shape index (κ1) is 13.7. The fourth-order valence-electron chi connectivity index (χ4n) is 1.49. The van der Waals surface area contributed by atoms with E-state index in [1.54, 1.807) is 24.3 Å². The summed E-state index contributed by atoms with van der Waals surface area (Å²) in [6.07, 6.45) is 2.44. The second-order valence-electron chi connectivity index (χ2n) is 4.07. The van der Waals surface area contributed by atoms with Crippen LogP contribution in [0.15, 0.2) is 36.7 Å². The molecule has 0 saturated carbocycles. The van der Waals surface area contributed by atoms with Gasteiger partial charge >= 0.3 is 5.97 Å². The quantitative estimate of drug-likeness (QED) is 0.837. The van der Waals surface area contributed by atoms with E-state index < -0.39 is 5.97 Å². The average molecular weight is 272 g/mol. The van der Waals surface area contributed by atoms with Gasteiger partial charge in [0.1, 0.15) is 12.4 Å². The summed E-state index contributed by atoms with van der Waals surface area (Å²) in [7, 11) is 0. The minimum atomic E-state index is -1.08. The summed E-state index contributed by atoms with van der Waals surface area (Å²) in [5.74, 6) is -0.226. The molecule has 0 atom stereocenters. The lowest BCUT2D eigenvalue weighted by Crippen LogP contribution is -2.05. The Kier molecular flexibility index (Phi) is 4.05. The number of hydrogen-bond donors (Lipinski definition) is 1. The van der Waals surface area contributed by atoms with Gasteiger partial charge in [0.2, 0.25) is 0 Å². The minimum Gasteiger partial charge on any atom is -0.486 e. The summed E-state index contributed by atoms with van der Waals surface area (Å²) < 4.78 is 5.46. The van der Waals surface area contributed by atoms with Gasteiger partial charge in [-0.25, -0.2) is 14.8 Å². The number of Topliss-reactive ketones (excluding diaryl/α,β-unsaturated/α-hetero) is 1. The number of aromatic nitrogens is 2. The topological polar surface area (TPSA) is 89.4 Å². The van der Waals surface area contributed by atoms with Gasteiger partial charge in [-0.2, -0.15) is 0 Å². The Hall–Kier alpha value is -2.76. The third-order valence-electron chi connectivity index (χ3n) is 2.56. The number of rotatable bonds is 5. The lowest BCUT2D eigenvalue weighted by atomic mass is 10.1. The molecule has 0 spiro atoms. The van der Waals surface area contributed by atoms with Crippen LogP contribution in [0.1, 0.15) is 33.5 Å². The van der Waals surface area contributed by atoms with Crippen molar-refractivity contribution in [1.82, 2.24) is 9.97 Å². The Morgan fingerprint density at radius 3 is 2.50 bits per heavy atom. The van der Waals surface area contributed by atoms with E-state index in [0.717, 1.165) is 0 Å². The molecule has 20 heavy (non-hydrogen) atoms. The lowest BCUT2D eigenvalue weighted by Gasteiger charge is -2.06. The molecule has 1 aromatic carbocycles. The minimum absolute atomic E-state index is 0.0207. The van der Waals surface area contributed by atoms with Crippen molar-refractivity contribution >= 4 is 11.8 Å². The zero-order chi connectivity index (χ0) is 14.5. The van der Waals surface area contributed by atoms with Crippen LogP contribution in [0.3, 0.4) is 0 Å². The fraction of sp³-hybridized carbons (Fsp3) is 0.143. The molecule has 0 aliphatic heterocycles. The van der Waals surface area contributed by atoms with E-state index in [1.807, 2.05) is 0 Å². The van der Waals surface area contributed by atoms with Gasteiger partial charge < -0.3 is 9.84 Å². The van der Waals surface area contributed by atoms with E-state index >= 15 is 0 Å².